The van der Waals surface area contributed by atoms with Gasteiger partial charge in [-0.25, -0.2) is 13.2 Å². The number of benzene rings is 1. The first-order chi connectivity index (χ1) is 20.7. The number of H-pyrrole nitrogens is 1. The first-order valence-electron chi connectivity index (χ1n) is 14.2. The number of carbonyl (C=O) groups excluding carboxylic acids is 1. The van der Waals surface area contributed by atoms with Crippen molar-refractivity contribution in [3.63, 3.8) is 0 Å². The highest BCUT2D eigenvalue weighted by atomic mass is 19.4. The summed E-state index contributed by atoms with van der Waals surface area (Å²) in [5, 5.41) is 2.44. The summed E-state index contributed by atoms with van der Waals surface area (Å²) in [6.07, 6.45) is -3.29. The third kappa shape index (κ3) is 5.83. The molecule has 0 saturated carbocycles. The van der Waals surface area contributed by atoms with Crippen molar-refractivity contribution in [2.24, 2.45) is 0 Å². The van der Waals surface area contributed by atoms with Crippen molar-refractivity contribution < 1.29 is 35.9 Å². The first kappa shape index (κ1) is 31.9. The van der Waals surface area contributed by atoms with E-state index in [1.165, 1.54) is 18.2 Å². The Morgan fingerprint density at radius 3 is 2.32 bits per heavy atom. The van der Waals surface area contributed by atoms with Gasteiger partial charge in [0, 0.05) is 50.5 Å². The number of aromatic nitrogens is 1. The molecule has 2 saturated heterocycles. The highest BCUT2D eigenvalue weighted by molar-refractivity contribution is 5.96. The van der Waals surface area contributed by atoms with Crippen LogP contribution in [0, 0.1) is 5.82 Å². The monoisotopic (exact) mass is 625 g/mol. The molecule has 0 bridgehead atoms. The molecule has 0 radical (unpaired) electrons. The number of halogens is 6. The Morgan fingerprint density at radius 2 is 1.70 bits per heavy atom. The number of amides is 1. The summed E-state index contributed by atoms with van der Waals surface area (Å²) in [4.78, 5) is 33.2. The number of alkyl halides is 3. The van der Waals surface area contributed by atoms with E-state index in [2.05, 4.69) is 15.2 Å². The standard InChI is InChI=1S/C30H33F6N5O3/c1-17-15-41(16-18(2)39(17)3)29(40-7-9-44-10-8-40)13-23(32)25(19-5-4-6-20(31)11-19)26(33)27(29)38-28(43)21-14-37-24(42)12-22(21)30(34,35)36/h4-6,11-14,17-18,27H,7-10,15-16H2,1-3H3,(H,37,42)(H,38,43)/t17-,18+,27?,29?. The lowest BCUT2D eigenvalue weighted by molar-refractivity contribution is -0.138. The van der Waals surface area contributed by atoms with Crippen LogP contribution in [0.25, 0.3) is 5.57 Å². The first-order valence-corrected chi connectivity index (χ1v) is 14.2. The Kier molecular flexibility index (Phi) is 8.82. The van der Waals surface area contributed by atoms with E-state index in [9.17, 15) is 27.2 Å². The van der Waals surface area contributed by atoms with Crippen molar-refractivity contribution in [1.82, 2.24) is 25.0 Å². The molecule has 1 amide bonds. The molecule has 1 aromatic heterocycles. The van der Waals surface area contributed by atoms with Crippen LogP contribution in [0.2, 0.25) is 0 Å². The lowest BCUT2D eigenvalue weighted by atomic mass is 9.82. The zero-order valence-electron chi connectivity index (χ0n) is 24.4. The average Bonchev–Trinajstić information content (AvgIpc) is 2.97. The maximum atomic E-state index is 17.0. The van der Waals surface area contributed by atoms with E-state index < -0.39 is 63.5 Å². The fourth-order valence-electron chi connectivity index (χ4n) is 6.35. The van der Waals surface area contributed by atoms with E-state index in [0.29, 0.717) is 19.3 Å². The summed E-state index contributed by atoms with van der Waals surface area (Å²) in [5.41, 5.74) is -6.03. The number of carbonyl (C=O) groups is 1. The second-order valence-corrected chi connectivity index (χ2v) is 11.4. The Labute approximate surface area is 250 Å². The Morgan fingerprint density at radius 1 is 1.05 bits per heavy atom. The van der Waals surface area contributed by atoms with Crippen molar-refractivity contribution >= 4 is 11.5 Å². The normalized spacial score (nSPS) is 27.8. The van der Waals surface area contributed by atoms with Gasteiger partial charge >= 0.3 is 6.18 Å². The van der Waals surface area contributed by atoms with E-state index in [1.54, 1.807) is 4.90 Å². The molecule has 0 spiro atoms. The Bertz CT molecular complexity index is 1520. The van der Waals surface area contributed by atoms with Gasteiger partial charge < -0.3 is 15.0 Å². The Balaban J connectivity index is 1.72. The topological polar surface area (TPSA) is 80.9 Å². The third-order valence-electron chi connectivity index (χ3n) is 8.74. The largest absolute Gasteiger partial charge is 0.417 e. The molecule has 238 valence electrons. The van der Waals surface area contributed by atoms with Crippen molar-refractivity contribution in [3.05, 3.63) is 87.1 Å². The second kappa shape index (κ2) is 12.1. The summed E-state index contributed by atoms with van der Waals surface area (Å²) in [7, 11) is 1.92. The molecule has 3 heterocycles. The number of nitrogens with one attached hydrogen (secondary N) is 2. The van der Waals surface area contributed by atoms with Gasteiger partial charge in [-0.2, -0.15) is 13.2 Å². The number of aromatic amines is 1. The van der Waals surface area contributed by atoms with Crippen LogP contribution in [0.1, 0.15) is 35.3 Å². The number of allylic oxidation sites excluding steroid dienone is 2. The van der Waals surface area contributed by atoms with Crippen molar-refractivity contribution in [2.75, 3.05) is 46.4 Å². The summed E-state index contributed by atoms with van der Waals surface area (Å²) in [6.45, 7) is 5.26. The van der Waals surface area contributed by atoms with Gasteiger partial charge in [0.15, 0.2) is 0 Å². The average molecular weight is 626 g/mol. The molecular formula is C30H33F6N5O3. The zero-order chi connectivity index (χ0) is 32.0. The van der Waals surface area contributed by atoms with Gasteiger partial charge in [0.2, 0.25) is 5.56 Å². The fraction of sp³-hybridized carbons (Fsp3) is 0.467. The summed E-state index contributed by atoms with van der Waals surface area (Å²) in [6, 6.07) is 2.92. The molecule has 2 aliphatic heterocycles. The van der Waals surface area contributed by atoms with Gasteiger partial charge in [-0.3, -0.25) is 24.3 Å². The molecule has 2 aromatic rings. The number of hydrogen-bond donors (Lipinski definition) is 2. The van der Waals surface area contributed by atoms with Crippen LogP contribution in [-0.2, 0) is 10.9 Å². The van der Waals surface area contributed by atoms with Crippen LogP contribution in [0.4, 0.5) is 26.3 Å². The predicted molar refractivity (Wildman–Crippen MR) is 150 cm³/mol. The van der Waals surface area contributed by atoms with Crippen LogP contribution in [-0.4, -0.2) is 95.8 Å². The molecule has 8 nitrogen and oxygen atoms in total. The van der Waals surface area contributed by atoms with Crippen molar-refractivity contribution in [2.45, 2.75) is 43.8 Å². The van der Waals surface area contributed by atoms with Crippen LogP contribution >= 0.6 is 0 Å². The lowest BCUT2D eigenvalue weighted by Gasteiger charge is -2.58. The third-order valence-corrected chi connectivity index (χ3v) is 8.74. The van der Waals surface area contributed by atoms with E-state index in [1.807, 2.05) is 25.8 Å². The van der Waals surface area contributed by atoms with Crippen LogP contribution in [0.5, 0.6) is 0 Å². The minimum Gasteiger partial charge on any atom is -0.379 e. The smallest absolute Gasteiger partial charge is 0.379 e. The zero-order valence-corrected chi connectivity index (χ0v) is 24.4. The van der Waals surface area contributed by atoms with Gasteiger partial charge in [-0.15, -0.1) is 0 Å². The minimum atomic E-state index is -5.08. The van der Waals surface area contributed by atoms with E-state index in [0.717, 1.165) is 12.1 Å². The number of pyridine rings is 1. The molecule has 44 heavy (non-hydrogen) atoms. The number of piperazine rings is 1. The van der Waals surface area contributed by atoms with Gasteiger partial charge in [0.25, 0.3) is 5.91 Å². The predicted octanol–water partition coefficient (Wildman–Crippen LogP) is 3.93. The number of likely N-dealkylation sites (N-methyl/N-ethyl adjacent to an activating group) is 1. The van der Waals surface area contributed by atoms with Gasteiger partial charge in [0.1, 0.15) is 29.2 Å². The van der Waals surface area contributed by atoms with E-state index in [-0.39, 0.29) is 50.0 Å². The number of hydrogen-bond acceptors (Lipinski definition) is 6. The van der Waals surface area contributed by atoms with Crippen molar-refractivity contribution in [3.8, 4) is 0 Å². The quantitative estimate of drug-likeness (QED) is 0.491. The number of nitrogens with zero attached hydrogens (tertiary/aromatic N) is 3. The molecule has 4 atom stereocenters. The molecular weight excluding hydrogens is 592 g/mol. The molecule has 5 rings (SSSR count). The number of rotatable bonds is 5. The van der Waals surface area contributed by atoms with Gasteiger partial charge in [-0.1, -0.05) is 12.1 Å². The number of morpholine rings is 1. The summed E-state index contributed by atoms with van der Waals surface area (Å²) < 4.78 is 94.9. The van der Waals surface area contributed by atoms with Crippen molar-refractivity contribution in [1.29, 1.82) is 0 Å². The van der Waals surface area contributed by atoms with Gasteiger partial charge in [0.05, 0.1) is 29.9 Å². The highest BCUT2D eigenvalue weighted by Gasteiger charge is 2.55. The molecule has 2 N–H and O–H groups in total. The maximum absolute atomic E-state index is 17.0. The molecule has 1 aliphatic carbocycles. The lowest BCUT2D eigenvalue weighted by Crippen LogP contribution is -2.75. The summed E-state index contributed by atoms with van der Waals surface area (Å²) >= 11 is 0. The van der Waals surface area contributed by atoms with Crippen LogP contribution in [0.3, 0.4) is 0 Å². The Hall–Kier alpha value is -3.46. The minimum absolute atomic E-state index is 0.0998. The molecule has 3 aliphatic rings. The van der Waals surface area contributed by atoms with Crippen LogP contribution in [0.15, 0.2) is 59.1 Å². The SMILES string of the molecule is C[C@@H]1CN(C2(N3CCOCC3)C=C(F)C(c3cccc(F)c3)=C(F)C2NC(=O)c2c[nH]c(=O)cc2C(F)(F)F)C[C@H](C)N1C. The van der Waals surface area contributed by atoms with Gasteiger partial charge in [-0.05, 0) is 44.7 Å². The summed E-state index contributed by atoms with van der Waals surface area (Å²) in [5.74, 6) is -4.29. The van der Waals surface area contributed by atoms with E-state index in [4.69, 9.17) is 4.74 Å². The number of ether oxygens (including phenoxy) is 1. The molecule has 2 fully saturated rings. The maximum Gasteiger partial charge on any atom is 0.417 e. The highest BCUT2D eigenvalue weighted by Crippen LogP contribution is 2.45. The molecule has 1 aromatic carbocycles. The second-order valence-electron chi connectivity index (χ2n) is 11.4. The molecule has 14 heteroatoms. The molecule has 2 unspecified atom stereocenters. The fourth-order valence-corrected chi connectivity index (χ4v) is 6.35. The van der Waals surface area contributed by atoms with E-state index >= 15 is 8.78 Å². The van der Waals surface area contributed by atoms with Crippen LogP contribution < -0.4 is 10.9 Å².